The number of carbonyl (C=O) groups is 2. The number of rotatable bonds is 9. The van der Waals surface area contributed by atoms with Crippen molar-refractivity contribution >= 4 is 29.2 Å². The molecule has 1 aromatic carbocycles. The number of halogens is 1. The molecular weight excluding hydrogens is 344 g/mol. The topological polar surface area (TPSA) is 77.0 Å². The predicted molar refractivity (Wildman–Crippen MR) is 98.0 cm³/mol. The Morgan fingerprint density at radius 1 is 1.32 bits per heavy atom. The van der Waals surface area contributed by atoms with E-state index in [4.69, 9.17) is 21.1 Å². The van der Waals surface area contributed by atoms with E-state index >= 15 is 0 Å². The maximum atomic E-state index is 11.9. The highest BCUT2D eigenvalue weighted by Gasteiger charge is 2.22. The maximum absolute atomic E-state index is 11.9. The van der Waals surface area contributed by atoms with E-state index < -0.39 is 11.8 Å². The van der Waals surface area contributed by atoms with Crippen molar-refractivity contribution in [1.82, 2.24) is 5.43 Å². The van der Waals surface area contributed by atoms with Crippen LogP contribution in [0.25, 0.3) is 0 Å². The summed E-state index contributed by atoms with van der Waals surface area (Å²) < 4.78 is 10.4. The van der Waals surface area contributed by atoms with Gasteiger partial charge in [0.1, 0.15) is 5.75 Å². The number of benzene rings is 1. The van der Waals surface area contributed by atoms with Crippen molar-refractivity contribution < 1.29 is 19.1 Å². The van der Waals surface area contributed by atoms with E-state index in [-0.39, 0.29) is 12.6 Å². The molecule has 0 bridgehead atoms. The molecule has 0 aromatic heterocycles. The summed E-state index contributed by atoms with van der Waals surface area (Å²) in [6.07, 6.45) is 1.42. The Balaban J connectivity index is 2.57. The van der Waals surface area contributed by atoms with E-state index in [9.17, 15) is 9.59 Å². The summed E-state index contributed by atoms with van der Waals surface area (Å²) in [4.78, 5) is 23.8. The molecule has 6 nitrogen and oxygen atoms in total. The van der Waals surface area contributed by atoms with Gasteiger partial charge in [-0.05, 0) is 51.0 Å². The Kier molecular flexibility index (Phi) is 8.99. The highest BCUT2D eigenvalue weighted by molar-refractivity contribution is 6.31. The van der Waals surface area contributed by atoms with Gasteiger partial charge in [0.2, 0.25) is 0 Å². The van der Waals surface area contributed by atoms with Crippen LogP contribution in [0.1, 0.15) is 39.2 Å². The molecule has 1 N–H and O–H groups in total. The first-order valence-corrected chi connectivity index (χ1v) is 8.65. The Morgan fingerprint density at radius 3 is 2.64 bits per heavy atom. The van der Waals surface area contributed by atoms with Crippen molar-refractivity contribution in [2.45, 2.75) is 40.5 Å². The Hall–Kier alpha value is -2.08. The Bertz CT molecular complexity index is 632. The van der Waals surface area contributed by atoms with Gasteiger partial charge in [-0.3, -0.25) is 9.59 Å². The maximum Gasteiger partial charge on any atom is 0.314 e. The molecule has 1 amide bonds. The number of nitrogens with one attached hydrogen (secondary N) is 1. The van der Waals surface area contributed by atoms with E-state index in [1.54, 1.807) is 32.0 Å². The third kappa shape index (κ3) is 7.13. The van der Waals surface area contributed by atoms with Crippen LogP contribution in [0.4, 0.5) is 0 Å². The van der Waals surface area contributed by atoms with Gasteiger partial charge in [0.05, 0.1) is 12.5 Å². The second-order valence-electron chi connectivity index (χ2n) is 5.58. The summed E-state index contributed by atoms with van der Waals surface area (Å²) in [5, 5.41) is 4.64. The molecule has 0 aliphatic heterocycles. The van der Waals surface area contributed by atoms with Crippen LogP contribution in [-0.2, 0) is 14.3 Å². The highest BCUT2D eigenvalue weighted by Crippen LogP contribution is 2.20. The molecule has 0 heterocycles. The smallest absolute Gasteiger partial charge is 0.314 e. The van der Waals surface area contributed by atoms with Gasteiger partial charge in [-0.25, -0.2) is 5.43 Å². The summed E-state index contributed by atoms with van der Waals surface area (Å²) in [5.74, 6) is -0.642. The van der Waals surface area contributed by atoms with E-state index in [0.29, 0.717) is 29.5 Å². The van der Waals surface area contributed by atoms with Crippen molar-refractivity contribution in [3.63, 3.8) is 0 Å². The lowest BCUT2D eigenvalue weighted by Crippen LogP contribution is -2.30. The highest BCUT2D eigenvalue weighted by atomic mass is 35.5. The van der Waals surface area contributed by atoms with Gasteiger partial charge in [-0.1, -0.05) is 24.9 Å². The predicted octanol–water partition coefficient (Wildman–Crippen LogP) is 3.50. The molecule has 0 saturated carbocycles. The summed E-state index contributed by atoms with van der Waals surface area (Å²) in [6, 6.07) is 5.15. The molecular formula is C18H25ClN2O4. The number of hydrogen-bond acceptors (Lipinski definition) is 5. The number of amides is 1. The van der Waals surface area contributed by atoms with Crippen molar-refractivity contribution in [2.24, 2.45) is 11.0 Å². The fourth-order valence-electron chi connectivity index (χ4n) is 2.15. The van der Waals surface area contributed by atoms with Crippen LogP contribution >= 0.6 is 11.6 Å². The SMILES string of the molecule is CCC[C@H](C(=O)OCC)/C(C)=N/NC(=O)COc1ccc(Cl)c(C)c1. The average molecular weight is 369 g/mol. The van der Waals surface area contributed by atoms with Crippen LogP contribution in [0.3, 0.4) is 0 Å². The van der Waals surface area contributed by atoms with Crippen molar-refractivity contribution in [1.29, 1.82) is 0 Å². The lowest BCUT2D eigenvalue weighted by Gasteiger charge is -2.14. The van der Waals surface area contributed by atoms with Crippen LogP contribution < -0.4 is 10.2 Å². The zero-order chi connectivity index (χ0) is 18.8. The first kappa shape index (κ1) is 21.0. The van der Waals surface area contributed by atoms with E-state index in [0.717, 1.165) is 12.0 Å². The number of aryl methyl sites for hydroxylation is 1. The molecule has 1 atom stereocenters. The molecule has 25 heavy (non-hydrogen) atoms. The minimum Gasteiger partial charge on any atom is -0.484 e. The second kappa shape index (κ2) is 10.7. The molecule has 0 radical (unpaired) electrons. The van der Waals surface area contributed by atoms with E-state index in [2.05, 4.69) is 10.5 Å². The first-order chi connectivity index (χ1) is 11.9. The third-order valence-corrected chi connectivity index (χ3v) is 3.93. The number of nitrogens with zero attached hydrogens (tertiary/aromatic N) is 1. The van der Waals surface area contributed by atoms with Crippen molar-refractivity contribution in [3.05, 3.63) is 28.8 Å². The fraction of sp³-hybridized carbons (Fsp3) is 0.500. The Labute approximate surface area is 153 Å². The summed E-state index contributed by atoms with van der Waals surface area (Å²) in [6.45, 7) is 7.40. The normalized spacial score (nSPS) is 12.4. The van der Waals surface area contributed by atoms with Crippen LogP contribution in [0.15, 0.2) is 23.3 Å². The lowest BCUT2D eigenvalue weighted by atomic mass is 9.99. The molecule has 1 rings (SSSR count). The van der Waals surface area contributed by atoms with Crippen molar-refractivity contribution in [3.8, 4) is 5.75 Å². The summed E-state index contributed by atoms with van der Waals surface area (Å²) in [5.41, 5.74) is 3.78. The number of hydrazone groups is 1. The number of carbonyl (C=O) groups excluding carboxylic acids is 2. The van der Waals surface area contributed by atoms with Gasteiger partial charge < -0.3 is 9.47 Å². The van der Waals surface area contributed by atoms with Crippen LogP contribution in [0.5, 0.6) is 5.75 Å². The van der Waals surface area contributed by atoms with E-state index in [1.165, 1.54) is 0 Å². The van der Waals surface area contributed by atoms with Gasteiger partial charge >= 0.3 is 5.97 Å². The molecule has 0 spiro atoms. The van der Waals surface area contributed by atoms with Gasteiger partial charge in [0.25, 0.3) is 5.91 Å². The molecule has 0 fully saturated rings. The molecule has 0 aliphatic rings. The van der Waals surface area contributed by atoms with Gasteiger partial charge in [0, 0.05) is 10.7 Å². The lowest BCUT2D eigenvalue weighted by molar-refractivity contribution is -0.145. The monoisotopic (exact) mass is 368 g/mol. The van der Waals surface area contributed by atoms with Crippen LogP contribution in [-0.4, -0.2) is 30.8 Å². The molecule has 7 heteroatoms. The van der Waals surface area contributed by atoms with Gasteiger partial charge in [-0.2, -0.15) is 5.10 Å². The zero-order valence-corrected chi connectivity index (χ0v) is 15.9. The third-order valence-electron chi connectivity index (χ3n) is 3.51. The Morgan fingerprint density at radius 2 is 2.04 bits per heavy atom. The second-order valence-corrected chi connectivity index (χ2v) is 5.99. The number of ether oxygens (including phenoxy) is 2. The van der Waals surface area contributed by atoms with Crippen molar-refractivity contribution in [2.75, 3.05) is 13.2 Å². The zero-order valence-electron chi connectivity index (χ0n) is 15.1. The first-order valence-electron chi connectivity index (χ1n) is 8.27. The van der Waals surface area contributed by atoms with Crippen LogP contribution in [0.2, 0.25) is 5.02 Å². The van der Waals surface area contributed by atoms with Crippen LogP contribution in [0, 0.1) is 12.8 Å². The molecule has 138 valence electrons. The molecule has 0 unspecified atom stereocenters. The largest absolute Gasteiger partial charge is 0.484 e. The van der Waals surface area contributed by atoms with E-state index in [1.807, 2.05) is 13.8 Å². The summed E-state index contributed by atoms with van der Waals surface area (Å²) >= 11 is 5.94. The molecule has 0 saturated heterocycles. The minimum absolute atomic E-state index is 0.185. The van der Waals surface area contributed by atoms with Gasteiger partial charge in [-0.15, -0.1) is 0 Å². The number of esters is 1. The number of hydrogen-bond donors (Lipinski definition) is 1. The quantitative estimate of drug-likeness (QED) is 0.411. The average Bonchev–Trinajstić information content (AvgIpc) is 2.58. The molecule has 0 aliphatic carbocycles. The van der Waals surface area contributed by atoms with Gasteiger partial charge in [0.15, 0.2) is 6.61 Å². The minimum atomic E-state index is -0.454. The standard InChI is InChI=1S/C18H25ClN2O4/c1-5-7-15(18(23)24-6-2)13(4)20-21-17(22)11-25-14-8-9-16(19)12(3)10-14/h8-10,15H,5-7,11H2,1-4H3,(H,21,22)/b20-13+/t15-/m0/s1. The molecule has 1 aromatic rings. The summed E-state index contributed by atoms with van der Waals surface area (Å²) in [7, 11) is 0. The fourth-order valence-corrected chi connectivity index (χ4v) is 2.26.